The molecule has 0 spiro atoms. The molecule has 0 radical (unpaired) electrons. The highest BCUT2D eigenvalue weighted by molar-refractivity contribution is 7.91. The minimum atomic E-state index is -3.78. The van der Waals surface area contributed by atoms with E-state index in [2.05, 4.69) is 10.2 Å². The lowest BCUT2D eigenvalue weighted by Gasteiger charge is -2.24. The Morgan fingerprint density at radius 2 is 1.84 bits per heavy atom. The summed E-state index contributed by atoms with van der Waals surface area (Å²) in [7, 11) is -3.78. The van der Waals surface area contributed by atoms with Crippen molar-refractivity contribution in [3.05, 3.63) is 58.9 Å². The van der Waals surface area contributed by atoms with Gasteiger partial charge in [0.05, 0.1) is 28.9 Å². The summed E-state index contributed by atoms with van der Waals surface area (Å²) in [6.07, 6.45) is 0. The summed E-state index contributed by atoms with van der Waals surface area (Å²) in [4.78, 5) is 14.5. The molecule has 2 aromatic carbocycles. The van der Waals surface area contributed by atoms with E-state index in [9.17, 15) is 13.2 Å². The van der Waals surface area contributed by atoms with Gasteiger partial charge in [-0.1, -0.05) is 44.5 Å². The number of hydrogen-bond donors (Lipinski definition) is 1. The fourth-order valence-electron chi connectivity index (χ4n) is 3.42. The molecule has 0 fully saturated rings. The summed E-state index contributed by atoms with van der Waals surface area (Å²) in [6, 6.07) is 10.4. The number of aromatic nitrogens is 2. The van der Waals surface area contributed by atoms with Crippen molar-refractivity contribution in [1.29, 1.82) is 0 Å². The molecule has 10 heteroatoms. The molecular weight excluding hydrogens is 452 g/mol. The number of carbonyl (C=O) groups excluding carboxylic acids is 1. The summed E-state index contributed by atoms with van der Waals surface area (Å²) >= 11 is 5.97. The second-order valence-electron chi connectivity index (χ2n) is 8.78. The number of rotatable bonds is 3. The minimum absolute atomic E-state index is 0.0343. The van der Waals surface area contributed by atoms with Gasteiger partial charge in [-0.25, -0.2) is 8.42 Å². The van der Waals surface area contributed by atoms with Crippen LogP contribution in [-0.4, -0.2) is 36.3 Å². The number of carbonyl (C=O) groups is 1. The Labute approximate surface area is 191 Å². The van der Waals surface area contributed by atoms with Crippen molar-refractivity contribution < 1.29 is 17.6 Å². The quantitative estimate of drug-likeness (QED) is 0.618. The van der Waals surface area contributed by atoms with Gasteiger partial charge in [0.1, 0.15) is 0 Å². The van der Waals surface area contributed by atoms with Gasteiger partial charge in [0.2, 0.25) is 17.7 Å². The van der Waals surface area contributed by atoms with E-state index in [-0.39, 0.29) is 28.4 Å². The Kier molecular flexibility index (Phi) is 5.60. The van der Waals surface area contributed by atoms with Crippen molar-refractivity contribution in [2.45, 2.75) is 43.7 Å². The van der Waals surface area contributed by atoms with Crippen molar-refractivity contribution in [1.82, 2.24) is 10.2 Å². The lowest BCUT2D eigenvalue weighted by atomic mass is 9.97. The fourth-order valence-corrected chi connectivity index (χ4v) is 5.10. The Balaban J connectivity index is 1.84. The number of hydrogen-bond acceptors (Lipinski definition) is 7. The second kappa shape index (κ2) is 7.99. The molecule has 1 aliphatic heterocycles. The van der Waals surface area contributed by atoms with Crippen molar-refractivity contribution in [3.8, 4) is 11.5 Å². The molecule has 0 aliphatic carbocycles. The van der Waals surface area contributed by atoms with E-state index in [1.54, 1.807) is 36.4 Å². The van der Waals surface area contributed by atoms with Gasteiger partial charge in [-0.2, -0.15) is 0 Å². The maximum atomic E-state index is 13.1. The Morgan fingerprint density at radius 1 is 1.16 bits per heavy atom. The van der Waals surface area contributed by atoms with Gasteiger partial charge in [-0.15, -0.1) is 10.2 Å². The number of nitrogens with two attached hydrogens (primary N) is 1. The van der Waals surface area contributed by atoms with Crippen molar-refractivity contribution >= 4 is 33.0 Å². The Morgan fingerprint density at radius 3 is 2.47 bits per heavy atom. The van der Waals surface area contributed by atoms with Crippen LogP contribution in [0.4, 0.5) is 5.69 Å². The van der Waals surface area contributed by atoms with E-state index in [0.717, 1.165) is 5.56 Å². The highest BCUT2D eigenvalue weighted by Crippen LogP contribution is 2.35. The molecule has 1 atom stereocenters. The lowest BCUT2D eigenvalue weighted by molar-refractivity contribution is -0.119. The molecule has 4 rings (SSSR count). The number of benzene rings is 2. The minimum Gasteiger partial charge on any atom is -0.420 e. The number of amides is 1. The molecule has 8 nitrogen and oxygen atoms in total. The van der Waals surface area contributed by atoms with Crippen LogP contribution in [0.25, 0.3) is 11.5 Å². The van der Waals surface area contributed by atoms with Crippen LogP contribution in [0, 0.1) is 0 Å². The molecule has 1 aliphatic rings. The molecular formula is C22H23ClN4O4S. The predicted octanol–water partition coefficient (Wildman–Crippen LogP) is 3.34. The van der Waals surface area contributed by atoms with E-state index in [4.69, 9.17) is 21.8 Å². The predicted molar refractivity (Wildman–Crippen MR) is 121 cm³/mol. The number of fused-ring (bicyclic) bond motifs is 1. The monoisotopic (exact) mass is 474 g/mol. The van der Waals surface area contributed by atoms with Gasteiger partial charge >= 0.3 is 0 Å². The largest absolute Gasteiger partial charge is 0.420 e. The van der Waals surface area contributed by atoms with E-state index < -0.39 is 27.5 Å². The summed E-state index contributed by atoms with van der Waals surface area (Å²) in [5.41, 5.74) is 7.14. The third-order valence-corrected chi connectivity index (χ3v) is 7.20. The second-order valence-corrected chi connectivity index (χ2v) is 11.2. The van der Waals surface area contributed by atoms with Crippen molar-refractivity contribution in [2.75, 3.05) is 10.7 Å². The molecule has 1 aromatic heterocycles. The molecule has 0 unspecified atom stereocenters. The zero-order chi connectivity index (χ0) is 23.3. The van der Waals surface area contributed by atoms with Gasteiger partial charge in [0.25, 0.3) is 0 Å². The van der Waals surface area contributed by atoms with Crippen LogP contribution in [0.2, 0.25) is 5.02 Å². The summed E-state index contributed by atoms with van der Waals surface area (Å²) in [5.74, 6) is -0.265. The van der Waals surface area contributed by atoms with Crippen LogP contribution in [0.5, 0.6) is 0 Å². The highest BCUT2D eigenvalue weighted by Gasteiger charge is 2.36. The number of sulfone groups is 1. The average molecular weight is 475 g/mol. The first kappa shape index (κ1) is 22.4. The van der Waals surface area contributed by atoms with Gasteiger partial charge in [0, 0.05) is 16.0 Å². The number of halogens is 1. The van der Waals surface area contributed by atoms with E-state index >= 15 is 0 Å². The van der Waals surface area contributed by atoms with Gasteiger partial charge < -0.3 is 15.1 Å². The molecule has 2 N–H and O–H groups in total. The van der Waals surface area contributed by atoms with Crippen LogP contribution < -0.4 is 10.6 Å². The van der Waals surface area contributed by atoms with E-state index in [0.29, 0.717) is 16.5 Å². The van der Waals surface area contributed by atoms with Crippen molar-refractivity contribution in [2.24, 2.45) is 5.73 Å². The lowest BCUT2D eigenvalue weighted by Crippen LogP contribution is -2.45. The fraction of sp³-hybridized carbons (Fsp3) is 0.318. The standard InChI is InChI=1S/C22H23ClN4O4S/c1-22(2,3)21-26-25-19(31-21)14-6-9-18-17(10-14)27(11-13-4-7-15(23)8-5-13)20(28)16(24)12-32(18,29)30/h4-10,16H,11-12,24H2,1-3H3/t16-/m0/s1. The van der Waals surface area contributed by atoms with Gasteiger partial charge in [-0.05, 0) is 35.9 Å². The zero-order valence-corrected chi connectivity index (χ0v) is 19.4. The molecule has 3 aromatic rings. The molecule has 1 amide bonds. The number of nitrogens with zero attached hydrogens (tertiary/aromatic N) is 3. The Bertz CT molecular complexity index is 1280. The first-order chi connectivity index (χ1) is 15.0. The van der Waals surface area contributed by atoms with Gasteiger partial charge in [-0.3, -0.25) is 4.79 Å². The molecule has 32 heavy (non-hydrogen) atoms. The van der Waals surface area contributed by atoms with Crippen LogP contribution in [0.1, 0.15) is 32.2 Å². The molecule has 2 heterocycles. The number of anilines is 1. The smallest absolute Gasteiger partial charge is 0.247 e. The molecule has 0 saturated heterocycles. The van der Waals surface area contributed by atoms with E-state index in [1.807, 2.05) is 20.8 Å². The molecule has 168 valence electrons. The maximum Gasteiger partial charge on any atom is 0.247 e. The summed E-state index contributed by atoms with van der Waals surface area (Å²) in [5, 5.41) is 8.76. The van der Waals surface area contributed by atoms with Crippen LogP contribution >= 0.6 is 11.6 Å². The third kappa shape index (κ3) is 4.28. The summed E-state index contributed by atoms with van der Waals surface area (Å²) in [6.45, 7) is 5.97. The van der Waals surface area contributed by atoms with Gasteiger partial charge in [0.15, 0.2) is 9.84 Å². The summed E-state index contributed by atoms with van der Waals surface area (Å²) < 4.78 is 31.7. The maximum absolute atomic E-state index is 13.1. The Hall–Kier alpha value is -2.75. The highest BCUT2D eigenvalue weighted by atomic mass is 35.5. The first-order valence-corrected chi connectivity index (χ1v) is 12.0. The average Bonchev–Trinajstić information content (AvgIpc) is 3.21. The topological polar surface area (TPSA) is 119 Å². The zero-order valence-electron chi connectivity index (χ0n) is 17.9. The van der Waals surface area contributed by atoms with Crippen LogP contribution in [0.3, 0.4) is 0 Å². The molecule has 0 saturated carbocycles. The van der Waals surface area contributed by atoms with Crippen LogP contribution in [0.15, 0.2) is 51.8 Å². The third-order valence-electron chi connectivity index (χ3n) is 5.13. The SMILES string of the molecule is CC(C)(C)c1nnc(-c2ccc3c(c2)N(Cc2ccc(Cl)cc2)C(=O)[C@@H](N)CS3(=O)=O)o1. The van der Waals surface area contributed by atoms with E-state index in [1.165, 1.54) is 11.0 Å². The van der Waals surface area contributed by atoms with Crippen LogP contribution in [-0.2, 0) is 26.6 Å². The normalized spacial score (nSPS) is 18.3. The molecule has 0 bridgehead atoms. The first-order valence-electron chi connectivity index (χ1n) is 9.98. The van der Waals surface area contributed by atoms with Crippen molar-refractivity contribution in [3.63, 3.8) is 0 Å².